The van der Waals surface area contributed by atoms with Crippen molar-refractivity contribution in [1.29, 1.82) is 0 Å². The van der Waals surface area contributed by atoms with Crippen LogP contribution in [0.5, 0.6) is 0 Å². The molecule has 0 unspecified atom stereocenters. The van der Waals surface area contributed by atoms with Crippen LogP contribution in [0, 0.1) is 11.8 Å². The summed E-state index contributed by atoms with van der Waals surface area (Å²) in [6.45, 7) is 0.438. The van der Waals surface area contributed by atoms with Gasteiger partial charge in [-0.25, -0.2) is 5.90 Å². The fourth-order valence-electron chi connectivity index (χ4n) is 0.940. The summed E-state index contributed by atoms with van der Waals surface area (Å²) in [4.78, 5) is 4.37. The van der Waals surface area contributed by atoms with E-state index in [-0.39, 0.29) is 12.4 Å². The highest BCUT2D eigenvalue weighted by Crippen LogP contribution is 1.95. The molecule has 0 radical (unpaired) electrons. The average Bonchev–Trinajstić information content (AvgIpc) is 2.25. The predicted octanol–water partition coefficient (Wildman–Crippen LogP) is 2.30. The molecule has 1 rings (SSSR count). The van der Waals surface area contributed by atoms with Gasteiger partial charge in [-0.15, -0.1) is 12.4 Å². The summed E-state index contributed by atoms with van der Waals surface area (Å²) < 4.78 is 0. The van der Waals surface area contributed by atoms with E-state index in [2.05, 4.69) is 16.7 Å². The van der Waals surface area contributed by atoms with Gasteiger partial charge in [0.2, 0.25) is 0 Å². The SMILES string of the molecule is Cl.NOC/C=C/CC#Cc1ccccc1. The van der Waals surface area contributed by atoms with Crippen molar-refractivity contribution in [3.8, 4) is 11.8 Å². The van der Waals surface area contributed by atoms with Crippen LogP contribution in [-0.2, 0) is 4.84 Å². The van der Waals surface area contributed by atoms with Crippen molar-refractivity contribution in [2.45, 2.75) is 6.42 Å². The summed E-state index contributed by atoms with van der Waals surface area (Å²) in [7, 11) is 0. The van der Waals surface area contributed by atoms with Crippen molar-refractivity contribution in [2.24, 2.45) is 5.90 Å². The highest BCUT2D eigenvalue weighted by atomic mass is 35.5. The first kappa shape index (κ1) is 13.7. The van der Waals surface area contributed by atoms with Crippen molar-refractivity contribution in [3.05, 3.63) is 48.0 Å². The summed E-state index contributed by atoms with van der Waals surface area (Å²) in [6, 6.07) is 9.90. The number of hydrogen-bond acceptors (Lipinski definition) is 2. The summed E-state index contributed by atoms with van der Waals surface area (Å²) in [5, 5.41) is 0. The summed E-state index contributed by atoms with van der Waals surface area (Å²) in [6.07, 6.45) is 4.50. The van der Waals surface area contributed by atoms with E-state index in [1.165, 1.54) is 0 Å². The second-order valence-corrected chi connectivity index (χ2v) is 2.68. The Morgan fingerprint density at radius 1 is 1.20 bits per heavy atom. The average molecular weight is 224 g/mol. The maximum atomic E-state index is 4.85. The largest absolute Gasteiger partial charge is 0.300 e. The molecule has 15 heavy (non-hydrogen) atoms. The molecule has 0 aromatic heterocycles. The topological polar surface area (TPSA) is 35.2 Å². The summed E-state index contributed by atoms with van der Waals surface area (Å²) in [5.41, 5.74) is 1.04. The first-order valence-electron chi connectivity index (χ1n) is 4.44. The molecule has 0 saturated carbocycles. The van der Waals surface area contributed by atoms with Crippen molar-refractivity contribution in [3.63, 3.8) is 0 Å². The second kappa shape index (κ2) is 9.29. The Kier molecular flexibility index (Phi) is 8.50. The minimum Gasteiger partial charge on any atom is -0.300 e. The molecule has 0 saturated heterocycles. The van der Waals surface area contributed by atoms with Crippen LogP contribution in [0.4, 0.5) is 0 Å². The molecular weight excluding hydrogens is 210 g/mol. The number of halogens is 1. The molecule has 0 aliphatic heterocycles. The molecular formula is C12H14ClNO. The molecule has 0 bridgehead atoms. The van der Waals surface area contributed by atoms with Crippen LogP contribution in [0.15, 0.2) is 42.5 Å². The third-order valence-electron chi connectivity index (χ3n) is 1.59. The van der Waals surface area contributed by atoms with Crippen molar-refractivity contribution in [1.82, 2.24) is 0 Å². The second-order valence-electron chi connectivity index (χ2n) is 2.68. The zero-order valence-electron chi connectivity index (χ0n) is 8.35. The molecule has 1 aromatic rings. The molecule has 0 aliphatic carbocycles. The molecule has 0 amide bonds. The Morgan fingerprint density at radius 2 is 1.93 bits per heavy atom. The highest BCUT2D eigenvalue weighted by Gasteiger charge is 1.79. The summed E-state index contributed by atoms with van der Waals surface area (Å²) in [5.74, 6) is 10.9. The van der Waals surface area contributed by atoms with E-state index in [4.69, 9.17) is 5.90 Å². The van der Waals surface area contributed by atoms with E-state index in [0.29, 0.717) is 6.61 Å². The Balaban J connectivity index is 0.00000196. The number of nitrogens with two attached hydrogens (primary N) is 1. The normalized spacial score (nSPS) is 9.13. The van der Waals surface area contributed by atoms with Gasteiger partial charge in [-0.3, -0.25) is 0 Å². The van der Waals surface area contributed by atoms with Gasteiger partial charge in [-0.1, -0.05) is 42.2 Å². The van der Waals surface area contributed by atoms with Crippen molar-refractivity contribution >= 4 is 12.4 Å². The van der Waals surface area contributed by atoms with Crippen molar-refractivity contribution < 1.29 is 4.84 Å². The Labute approximate surface area is 96.5 Å². The van der Waals surface area contributed by atoms with Crippen LogP contribution in [0.1, 0.15) is 12.0 Å². The van der Waals surface area contributed by atoms with Gasteiger partial charge in [0.05, 0.1) is 6.61 Å². The zero-order valence-corrected chi connectivity index (χ0v) is 9.17. The van der Waals surface area contributed by atoms with E-state index in [9.17, 15) is 0 Å². The molecule has 1 aromatic carbocycles. The zero-order chi connectivity index (χ0) is 10.1. The standard InChI is InChI=1S/C12H13NO.ClH/c13-14-11-7-2-1-4-8-12-9-5-3-6-10-12;/h2-3,5-7,9-10H,1,11,13H2;1H/b7-2+;. The maximum absolute atomic E-state index is 4.85. The lowest BCUT2D eigenvalue weighted by molar-refractivity contribution is 0.168. The third-order valence-corrected chi connectivity index (χ3v) is 1.59. The lowest BCUT2D eigenvalue weighted by Crippen LogP contribution is -1.96. The predicted molar refractivity (Wildman–Crippen MR) is 64.5 cm³/mol. The monoisotopic (exact) mass is 223 g/mol. The molecule has 2 N–H and O–H groups in total. The molecule has 0 aliphatic rings. The van der Waals surface area contributed by atoms with Gasteiger partial charge in [0.25, 0.3) is 0 Å². The van der Waals surface area contributed by atoms with Gasteiger partial charge in [0.15, 0.2) is 0 Å². The molecule has 2 nitrogen and oxygen atoms in total. The lowest BCUT2D eigenvalue weighted by Gasteiger charge is -1.86. The van der Waals surface area contributed by atoms with Gasteiger partial charge in [0, 0.05) is 12.0 Å². The first-order chi connectivity index (χ1) is 6.93. The van der Waals surface area contributed by atoms with E-state index >= 15 is 0 Å². The lowest BCUT2D eigenvalue weighted by atomic mass is 10.2. The number of hydrogen-bond donors (Lipinski definition) is 1. The third kappa shape index (κ3) is 6.75. The van der Waals surface area contributed by atoms with Crippen LogP contribution < -0.4 is 5.90 Å². The minimum absolute atomic E-state index is 0. The van der Waals surface area contributed by atoms with Crippen molar-refractivity contribution in [2.75, 3.05) is 6.61 Å². The van der Waals surface area contributed by atoms with Gasteiger partial charge in [-0.05, 0) is 12.1 Å². The molecule has 0 fully saturated rings. The van der Waals surface area contributed by atoms with Gasteiger partial charge in [0.1, 0.15) is 0 Å². The van der Waals surface area contributed by atoms with Crippen LogP contribution in [0.2, 0.25) is 0 Å². The van der Waals surface area contributed by atoms with E-state index in [0.717, 1.165) is 12.0 Å². The molecule has 0 heterocycles. The molecule has 80 valence electrons. The quantitative estimate of drug-likeness (QED) is 0.485. The Morgan fingerprint density at radius 3 is 2.60 bits per heavy atom. The van der Waals surface area contributed by atoms with Crippen LogP contribution in [-0.4, -0.2) is 6.61 Å². The fourth-order valence-corrected chi connectivity index (χ4v) is 0.940. The minimum atomic E-state index is 0. The first-order valence-corrected chi connectivity index (χ1v) is 4.44. The van der Waals surface area contributed by atoms with Gasteiger partial charge >= 0.3 is 0 Å². The maximum Gasteiger partial charge on any atom is 0.0861 e. The van der Waals surface area contributed by atoms with E-state index in [1.807, 2.05) is 42.5 Å². The highest BCUT2D eigenvalue weighted by molar-refractivity contribution is 5.85. The number of benzene rings is 1. The summed E-state index contributed by atoms with van der Waals surface area (Å²) >= 11 is 0. The van der Waals surface area contributed by atoms with Crippen LogP contribution >= 0.6 is 12.4 Å². The molecule has 0 atom stereocenters. The smallest absolute Gasteiger partial charge is 0.0861 e. The molecule has 0 spiro atoms. The molecule has 3 heteroatoms. The van der Waals surface area contributed by atoms with Gasteiger partial charge < -0.3 is 4.84 Å². The van der Waals surface area contributed by atoms with E-state index in [1.54, 1.807) is 0 Å². The Hall–Kier alpha value is -1.27. The van der Waals surface area contributed by atoms with Crippen LogP contribution in [0.25, 0.3) is 0 Å². The fraction of sp³-hybridized carbons (Fsp3) is 0.167. The Bertz CT molecular complexity index is 338. The number of allylic oxidation sites excluding steroid dienone is 1. The van der Waals surface area contributed by atoms with Crippen LogP contribution in [0.3, 0.4) is 0 Å². The van der Waals surface area contributed by atoms with E-state index < -0.39 is 0 Å². The van der Waals surface area contributed by atoms with Gasteiger partial charge in [-0.2, -0.15) is 0 Å². The number of rotatable bonds is 3.